The van der Waals surface area contributed by atoms with Crippen molar-refractivity contribution >= 4 is 0 Å². The summed E-state index contributed by atoms with van der Waals surface area (Å²) in [6.45, 7) is 7.90. The minimum atomic E-state index is 0.562. The van der Waals surface area contributed by atoms with Crippen molar-refractivity contribution in [2.75, 3.05) is 13.1 Å². The third-order valence-corrected chi connectivity index (χ3v) is 3.44. The summed E-state index contributed by atoms with van der Waals surface area (Å²) in [5.41, 5.74) is 2.30. The predicted molar refractivity (Wildman–Crippen MR) is 74.1 cm³/mol. The molecule has 2 nitrogen and oxygen atoms in total. The Labute approximate surface area is 110 Å². The fraction of sp³-hybridized carbons (Fsp3) is 0.438. The Balaban J connectivity index is 2.07. The van der Waals surface area contributed by atoms with Gasteiger partial charge in [0.2, 0.25) is 0 Å². The molecule has 0 aromatic carbocycles. The molecule has 0 amide bonds. The summed E-state index contributed by atoms with van der Waals surface area (Å²) in [5.74, 6) is 6.33. The number of nitrogens with one attached hydrogen (secondary N) is 1. The van der Waals surface area contributed by atoms with Crippen molar-refractivity contribution in [1.82, 2.24) is 4.98 Å². The number of hydrogen-bond donors (Lipinski definition) is 1. The van der Waals surface area contributed by atoms with Crippen LogP contribution in [-0.2, 0) is 0 Å². The summed E-state index contributed by atoms with van der Waals surface area (Å²) >= 11 is 0. The van der Waals surface area contributed by atoms with Crippen molar-refractivity contribution in [2.24, 2.45) is 0 Å². The van der Waals surface area contributed by atoms with E-state index in [0.717, 1.165) is 12.1 Å². The van der Waals surface area contributed by atoms with Gasteiger partial charge in [-0.3, -0.25) is 4.98 Å². The molecule has 2 rings (SSSR count). The van der Waals surface area contributed by atoms with Gasteiger partial charge in [-0.25, -0.2) is 0 Å². The molecule has 18 heavy (non-hydrogen) atoms. The predicted octanol–water partition coefficient (Wildman–Crippen LogP) is 1.77. The fourth-order valence-electron chi connectivity index (χ4n) is 2.58. The molecule has 1 aromatic heterocycles. The summed E-state index contributed by atoms with van der Waals surface area (Å²) in [6.07, 6.45) is 7.71. The van der Waals surface area contributed by atoms with Gasteiger partial charge in [-0.05, 0) is 37.3 Å². The molecule has 1 saturated heterocycles. The van der Waals surface area contributed by atoms with Gasteiger partial charge in [-0.1, -0.05) is 18.6 Å². The quantitative estimate of drug-likeness (QED) is 0.781. The van der Waals surface area contributed by atoms with E-state index in [2.05, 4.69) is 29.5 Å². The molecule has 1 fully saturated rings. The van der Waals surface area contributed by atoms with Crippen molar-refractivity contribution in [3.8, 4) is 11.8 Å². The number of hydrogen-bond acceptors (Lipinski definition) is 1. The van der Waals surface area contributed by atoms with E-state index in [0.29, 0.717) is 6.04 Å². The first kappa shape index (κ1) is 12.9. The van der Waals surface area contributed by atoms with E-state index < -0.39 is 0 Å². The van der Waals surface area contributed by atoms with Gasteiger partial charge in [-0.15, -0.1) is 0 Å². The van der Waals surface area contributed by atoms with Gasteiger partial charge in [0.15, 0.2) is 0 Å². The number of allylic oxidation sites excluding steroid dienone is 1. The Hall–Kier alpha value is -1.59. The van der Waals surface area contributed by atoms with Crippen LogP contribution < -0.4 is 4.90 Å². The van der Waals surface area contributed by atoms with Gasteiger partial charge in [-0.2, -0.15) is 0 Å². The molecule has 1 aliphatic heterocycles. The molecule has 0 bridgehead atoms. The van der Waals surface area contributed by atoms with Gasteiger partial charge in [0.1, 0.15) is 12.6 Å². The third kappa shape index (κ3) is 3.45. The van der Waals surface area contributed by atoms with E-state index in [1.54, 1.807) is 4.90 Å². The van der Waals surface area contributed by atoms with Crippen LogP contribution in [0.5, 0.6) is 0 Å². The number of piperidine rings is 1. The van der Waals surface area contributed by atoms with Crippen LogP contribution in [0.2, 0.25) is 0 Å². The van der Waals surface area contributed by atoms with Crippen LogP contribution in [0, 0.1) is 11.8 Å². The smallest absolute Gasteiger partial charge is 0.140 e. The van der Waals surface area contributed by atoms with Gasteiger partial charge in [0, 0.05) is 24.4 Å². The second-order valence-corrected chi connectivity index (χ2v) is 5.00. The molecular weight excluding hydrogens is 220 g/mol. The highest BCUT2D eigenvalue weighted by Gasteiger charge is 2.26. The molecule has 2 heterocycles. The van der Waals surface area contributed by atoms with Crippen molar-refractivity contribution in [2.45, 2.75) is 32.2 Å². The zero-order chi connectivity index (χ0) is 12.8. The van der Waals surface area contributed by atoms with Crippen molar-refractivity contribution in [3.05, 3.63) is 42.2 Å². The monoisotopic (exact) mass is 241 g/mol. The highest BCUT2D eigenvalue weighted by Crippen LogP contribution is 2.17. The summed E-state index contributed by atoms with van der Waals surface area (Å²) < 4.78 is 0. The van der Waals surface area contributed by atoms with E-state index in [1.165, 1.54) is 31.4 Å². The number of pyridine rings is 1. The van der Waals surface area contributed by atoms with Crippen LogP contribution in [0.25, 0.3) is 0 Å². The standard InChI is InChI=1S/C16H20N2/c1-14(2)7-6-12-18-11-4-3-9-16(18)15-8-5-10-17-13-15/h5,8,10,13,16H,1,3-4,9,11-12H2,2H3/p+1/t16-/m1/s1. The van der Waals surface area contributed by atoms with Crippen molar-refractivity contribution in [1.29, 1.82) is 0 Å². The van der Waals surface area contributed by atoms with Crippen LogP contribution in [0.15, 0.2) is 36.7 Å². The fourth-order valence-corrected chi connectivity index (χ4v) is 2.58. The van der Waals surface area contributed by atoms with Gasteiger partial charge < -0.3 is 4.90 Å². The Kier molecular flexibility index (Phi) is 4.55. The van der Waals surface area contributed by atoms with E-state index in [1.807, 2.05) is 25.4 Å². The lowest BCUT2D eigenvalue weighted by molar-refractivity contribution is -0.930. The van der Waals surface area contributed by atoms with E-state index in [9.17, 15) is 0 Å². The number of nitrogens with zero attached hydrogens (tertiary/aromatic N) is 1. The summed E-state index contributed by atoms with van der Waals surface area (Å²) in [7, 11) is 0. The largest absolute Gasteiger partial charge is 0.319 e. The zero-order valence-corrected chi connectivity index (χ0v) is 11.1. The van der Waals surface area contributed by atoms with Crippen molar-refractivity contribution < 1.29 is 4.90 Å². The first-order chi connectivity index (χ1) is 8.77. The van der Waals surface area contributed by atoms with Crippen LogP contribution in [-0.4, -0.2) is 18.1 Å². The average molecular weight is 241 g/mol. The molecule has 0 aliphatic carbocycles. The zero-order valence-electron chi connectivity index (χ0n) is 11.1. The van der Waals surface area contributed by atoms with E-state index in [4.69, 9.17) is 0 Å². The molecule has 2 heteroatoms. The van der Waals surface area contributed by atoms with Crippen LogP contribution >= 0.6 is 0 Å². The first-order valence-corrected chi connectivity index (χ1v) is 6.66. The van der Waals surface area contributed by atoms with Crippen LogP contribution in [0.4, 0.5) is 0 Å². The number of aromatic nitrogens is 1. The first-order valence-electron chi connectivity index (χ1n) is 6.66. The molecule has 0 radical (unpaired) electrons. The maximum atomic E-state index is 4.24. The molecule has 0 saturated carbocycles. The number of rotatable bonds is 2. The van der Waals surface area contributed by atoms with E-state index >= 15 is 0 Å². The molecule has 1 unspecified atom stereocenters. The molecular formula is C16H21N2+. The summed E-state index contributed by atoms with van der Waals surface area (Å²) in [5, 5.41) is 0. The minimum Gasteiger partial charge on any atom is -0.319 e. The van der Waals surface area contributed by atoms with Gasteiger partial charge in [0.25, 0.3) is 0 Å². The van der Waals surface area contributed by atoms with Gasteiger partial charge >= 0.3 is 0 Å². The topological polar surface area (TPSA) is 17.3 Å². The lowest BCUT2D eigenvalue weighted by atomic mass is 9.96. The van der Waals surface area contributed by atoms with Crippen LogP contribution in [0.1, 0.15) is 37.8 Å². The molecule has 1 aromatic rings. The second-order valence-electron chi connectivity index (χ2n) is 5.00. The molecule has 1 aliphatic rings. The Bertz CT molecular complexity index is 453. The average Bonchev–Trinajstić information content (AvgIpc) is 2.40. The normalized spacial score (nSPS) is 22.9. The Morgan fingerprint density at radius 2 is 2.44 bits per heavy atom. The van der Waals surface area contributed by atoms with Gasteiger partial charge in [0.05, 0.1) is 6.54 Å². The lowest BCUT2D eigenvalue weighted by Crippen LogP contribution is -3.13. The molecule has 0 spiro atoms. The maximum Gasteiger partial charge on any atom is 0.140 e. The molecule has 1 N–H and O–H groups in total. The highest BCUT2D eigenvalue weighted by atomic mass is 15.2. The third-order valence-electron chi connectivity index (χ3n) is 3.44. The minimum absolute atomic E-state index is 0.562. The summed E-state index contributed by atoms with van der Waals surface area (Å²) in [4.78, 5) is 5.81. The van der Waals surface area contributed by atoms with Crippen LogP contribution in [0.3, 0.4) is 0 Å². The summed E-state index contributed by atoms with van der Waals surface area (Å²) in [6, 6.07) is 4.78. The number of quaternary nitrogens is 1. The Morgan fingerprint density at radius 3 is 3.17 bits per heavy atom. The van der Waals surface area contributed by atoms with Crippen molar-refractivity contribution in [3.63, 3.8) is 0 Å². The molecule has 2 atom stereocenters. The SMILES string of the molecule is C=C(C)C#CC[NH+]1CCCC[C@@H]1c1cccnc1. The highest BCUT2D eigenvalue weighted by molar-refractivity contribution is 5.23. The Morgan fingerprint density at radius 1 is 1.56 bits per heavy atom. The lowest BCUT2D eigenvalue weighted by Gasteiger charge is -2.31. The number of likely N-dealkylation sites (tertiary alicyclic amines) is 1. The van der Waals surface area contributed by atoms with E-state index in [-0.39, 0.29) is 0 Å². The maximum absolute atomic E-state index is 4.24. The molecule has 94 valence electrons. The second kappa shape index (κ2) is 6.37.